The molecule has 5 rings (SSSR count). The number of thiazole rings is 1. The number of likely N-dealkylation sites (tertiary alicyclic amines) is 1. The predicted molar refractivity (Wildman–Crippen MR) is 108 cm³/mol. The fraction of sp³-hybridized carbons (Fsp3) is 0.700. The highest BCUT2D eigenvalue weighted by Crippen LogP contribution is 2.48. The second kappa shape index (κ2) is 7.67. The van der Waals surface area contributed by atoms with E-state index < -0.39 is 17.7 Å². The van der Waals surface area contributed by atoms with Crippen molar-refractivity contribution in [3.63, 3.8) is 0 Å². The Balaban J connectivity index is 1.17. The second-order valence-corrected chi connectivity index (χ2v) is 9.61. The van der Waals surface area contributed by atoms with Crippen LogP contribution < -0.4 is 5.32 Å². The number of nitrogens with zero attached hydrogens (tertiary/aromatic N) is 3. The number of carbonyl (C=O) groups is 3. The Bertz CT molecular complexity index is 837. The lowest BCUT2D eigenvalue weighted by molar-refractivity contribution is -0.145. The van der Waals surface area contributed by atoms with Crippen molar-refractivity contribution in [2.24, 2.45) is 11.8 Å². The zero-order valence-electron chi connectivity index (χ0n) is 17.1. The number of fused-ring (bicyclic) bond motifs is 5. The fourth-order valence-electron chi connectivity index (χ4n) is 5.31. The van der Waals surface area contributed by atoms with Gasteiger partial charge in [0.05, 0.1) is 41.9 Å². The minimum absolute atomic E-state index is 0.170. The molecule has 10 heteroatoms. The first-order chi connectivity index (χ1) is 14.4. The lowest BCUT2D eigenvalue weighted by Crippen LogP contribution is -2.44. The van der Waals surface area contributed by atoms with Crippen molar-refractivity contribution in [2.45, 2.75) is 57.6 Å². The first-order valence-electron chi connectivity index (χ1n) is 10.5. The molecule has 30 heavy (non-hydrogen) atoms. The second-order valence-electron chi connectivity index (χ2n) is 8.75. The van der Waals surface area contributed by atoms with Gasteiger partial charge in [0.25, 0.3) is 0 Å². The van der Waals surface area contributed by atoms with Crippen molar-refractivity contribution in [3.8, 4) is 0 Å². The van der Waals surface area contributed by atoms with Gasteiger partial charge in [0.15, 0.2) is 5.13 Å². The predicted octanol–water partition coefficient (Wildman–Crippen LogP) is 0.853. The van der Waals surface area contributed by atoms with E-state index in [1.807, 2.05) is 5.38 Å². The summed E-state index contributed by atoms with van der Waals surface area (Å²) < 4.78 is 11.5. The lowest BCUT2D eigenvalue weighted by atomic mass is 9.81. The molecule has 1 aromatic rings. The van der Waals surface area contributed by atoms with Crippen LogP contribution in [-0.2, 0) is 30.4 Å². The summed E-state index contributed by atoms with van der Waals surface area (Å²) in [5.41, 5.74) is 0.883. The summed E-state index contributed by atoms with van der Waals surface area (Å²) in [6.07, 6.45) is 1.65. The maximum Gasteiger partial charge on any atom is 0.246 e. The molecule has 4 saturated heterocycles. The van der Waals surface area contributed by atoms with Crippen LogP contribution in [0.4, 0.5) is 5.13 Å². The van der Waals surface area contributed by atoms with Crippen molar-refractivity contribution >= 4 is 34.2 Å². The summed E-state index contributed by atoms with van der Waals surface area (Å²) >= 11 is 1.35. The van der Waals surface area contributed by atoms with Gasteiger partial charge in [0.2, 0.25) is 17.7 Å². The van der Waals surface area contributed by atoms with E-state index in [0.29, 0.717) is 11.7 Å². The first kappa shape index (κ1) is 20.0. The first-order valence-corrected chi connectivity index (χ1v) is 11.4. The van der Waals surface area contributed by atoms with Crippen LogP contribution in [0.1, 0.15) is 32.4 Å². The van der Waals surface area contributed by atoms with Crippen LogP contribution in [0.25, 0.3) is 0 Å². The maximum absolute atomic E-state index is 12.7. The van der Waals surface area contributed by atoms with E-state index in [9.17, 15) is 14.4 Å². The Morgan fingerprint density at radius 1 is 1.13 bits per heavy atom. The molecule has 4 fully saturated rings. The van der Waals surface area contributed by atoms with Crippen LogP contribution in [0.15, 0.2) is 5.38 Å². The molecule has 4 aliphatic heterocycles. The van der Waals surface area contributed by atoms with Crippen molar-refractivity contribution in [2.75, 3.05) is 25.0 Å². The zero-order chi connectivity index (χ0) is 21.0. The van der Waals surface area contributed by atoms with E-state index in [-0.39, 0.29) is 42.8 Å². The Morgan fingerprint density at radius 2 is 1.77 bits per heavy atom. The minimum atomic E-state index is -0.408. The van der Waals surface area contributed by atoms with Crippen LogP contribution in [-0.4, -0.2) is 76.6 Å². The molecule has 3 amide bonds. The van der Waals surface area contributed by atoms with Crippen molar-refractivity contribution in [3.05, 3.63) is 11.1 Å². The molecule has 0 radical (unpaired) electrons. The standard InChI is InChI=1S/C20H26N4O5S/c1-10-5-23(6-11(2)28-10)7-12-9-30-20(21-12)22-15(25)8-24-18(26)16-13-3-4-14(29-13)17(16)19(24)27/h9-11,13-14,16-17H,3-8H2,1-2H3,(H,21,22,25)/t10-,11+,13-,14-,16-,17-/m1/s1. The lowest BCUT2D eigenvalue weighted by Gasteiger charge is -2.34. The highest BCUT2D eigenvalue weighted by atomic mass is 32.1. The molecule has 0 aliphatic carbocycles. The van der Waals surface area contributed by atoms with Gasteiger partial charge in [-0.1, -0.05) is 0 Å². The molecule has 9 nitrogen and oxygen atoms in total. The van der Waals surface area contributed by atoms with Gasteiger partial charge in [-0.3, -0.25) is 24.2 Å². The molecule has 0 saturated carbocycles. The fourth-order valence-corrected chi connectivity index (χ4v) is 6.03. The number of nitrogens with one attached hydrogen (secondary N) is 1. The molecular weight excluding hydrogens is 408 g/mol. The molecule has 2 bridgehead atoms. The minimum Gasteiger partial charge on any atom is -0.373 e. The largest absolute Gasteiger partial charge is 0.373 e. The van der Waals surface area contributed by atoms with Gasteiger partial charge < -0.3 is 14.8 Å². The average molecular weight is 435 g/mol. The van der Waals surface area contributed by atoms with E-state index in [2.05, 4.69) is 29.0 Å². The van der Waals surface area contributed by atoms with Crippen LogP contribution in [0.3, 0.4) is 0 Å². The highest BCUT2D eigenvalue weighted by Gasteiger charge is 2.62. The number of anilines is 1. The molecule has 1 N–H and O–H groups in total. The Labute approximate surface area is 178 Å². The Kier molecular flexibility index (Phi) is 5.12. The van der Waals surface area contributed by atoms with Crippen LogP contribution >= 0.6 is 11.3 Å². The van der Waals surface area contributed by atoms with Crippen LogP contribution in [0.5, 0.6) is 0 Å². The topological polar surface area (TPSA) is 101 Å². The van der Waals surface area contributed by atoms with Gasteiger partial charge in [-0.05, 0) is 26.7 Å². The molecule has 0 aromatic carbocycles. The number of carbonyl (C=O) groups excluding carboxylic acids is 3. The van der Waals surface area contributed by atoms with Gasteiger partial charge in [-0.2, -0.15) is 0 Å². The number of amides is 3. The number of ether oxygens (including phenoxy) is 2. The Morgan fingerprint density at radius 3 is 2.40 bits per heavy atom. The Hall–Kier alpha value is -1.88. The number of hydrogen-bond acceptors (Lipinski definition) is 8. The van der Waals surface area contributed by atoms with Crippen LogP contribution in [0, 0.1) is 11.8 Å². The monoisotopic (exact) mass is 434 g/mol. The van der Waals surface area contributed by atoms with E-state index in [1.165, 1.54) is 11.3 Å². The van der Waals surface area contributed by atoms with Gasteiger partial charge in [0, 0.05) is 25.0 Å². The van der Waals surface area contributed by atoms with Crippen molar-refractivity contribution in [1.82, 2.24) is 14.8 Å². The number of morpholine rings is 1. The third kappa shape index (κ3) is 3.55. The summed E-state index contributed by atoms with van der Waals surface area (Å²) in [5, 5.41) is 5.14. The number of aromatic nitrogens is 1. The molecule has 4 aliphatic rings. The highest BCUT2D eigenvalue weighted by molar-refractivity contribution is 7.13. The molecular formula is C20H26N4O5S. The molecule has 162 valence electrons. The van der Waals surface area contributed by atoms with Gasteiger partial charge in [-0.15, -0.1) is 11.3 Å². The van der Waals surface area contributed by atoms with Gasteiger partial charge in [-0.25, -0.2) is 4.98 Å². The number of imide groups is 1. The summed E-state index contributed by atoms with van der Waals surface area (Å²) in [5.74, 6) is -1.77. The normalized spacial score (nSPS) is 35.9. The molecule has 1 aromatic heterocycles. The quantitative estimate of drug-likeness (QED) is 0.686. The maximum atomic E-state index is 12.7. The van der Waals surface area contributed by atoms with E-state index in [1.54, 1.807) is 0 Å². The van der Waals surface area contributed by atoms with Crippen molar-refractivity contribution in [1.29, 1.82) is 0 Å². The van der Waals surface area contributed by atoms with E-state index >= 15 is 0 Å². The third-order valence-electron chi connectivity index (χ3n) is 6.36. The van der Waals surface area contributed by atoms with E-state index in [4.69, 9.17) is 9.47 Å². The summed E-state index contributed by atoms with van der Waals surface area (Å²) in [6.45, 7) is 6.23. The molecule has 6 atom stereocenters. The number of rotatable bonds is 5. The van der Waals surface area contributed by atoms with E-state index in [0.717, 1.165) is 36.5 Å². The summed E-state index contributed by atoms with van der Waals surface area (Å²) in [7, 11) is 0. The third-order valence-corrected chi connectivity index (χ3v) is 7.16. The number of hydrogen-bond donors (Lipinski definition) is 1. The summed E-state index contributed by atoms with van der Waals surface area (Å²) in [6, 6.07) is 0. The van der Waals surface area contributed by atoms with Crippen molar-refractivity contribution < 1.29 is 23.9 Å². The van der Waals surface area contributed by atoms with Crippen LogP contribution in [0.2, 0.25) is 0 Å². The molecule has 5 heterocycles. The zero-order valence-corrected chi connectivity index (χ0v) is 17.9. The van der Waals surface area contributed by atoms with Gasteiger partial charge >= 0.3 is 0 Å². The smallest absolute Gasteiger partial charge is 0.246 e. The van der Waals surface area contributed by atoms with Gasteiger partial charge in [0.1, 0.15) is 6.54 Å². The average Bonchev–Trinajstić information content (AvgIpc) is 3.43. The summed E-state index contributed by atoms with van der Waals surface area (Å²) in [4.78, 5) is 45.7. The SMILES string of the molecule is C[C@@H]1CN(Cc2csc(NC(=O)CN3C(=O)[C@H]4[C@H](C3=O)[C@H]3CC[C@H]4O3)n2)C[C@H](C)O1. The molecule has 0 unspecified atom stereocenters. The molecule has 0 spiro atoms.